The third kappa shape index (κ3) is 6.02. The SMILES string of the molecule is Cc1c(F)c(N)cc(-c2nc3c4c(nc(OCC5(CO)CCOC5)nc4c2F)NCC#CNCCC(C)O3)c1C(F)(F)F. The number of hydrogen-bond acceptors (Lipinski definition) is 10. The summed E-state index contributed by atoms with van der Waals surface area (Å²) in [4.78, 5) is 12.8. The van der Waals surface area contributed by atoms with Crippen molar-refractivity contribution in [2.45, 2.75) is 39.0 Å². The molecule has 1 aromatic carbocycles. The Labute approximate surface area is 243 Å². The average Bonchev–Trinajstić information content (AvgIpc) is 3.43. The Morgan fingerprint density at radius 3 is 2.72 bits per heavy atom. The molecule has 3 aromatic rings. The Balaban J connectivity index is 1.76. The molecule has 2 atom stereocenters. The molecule has 0 spiro atoms. The van der Waals surface area contributed by atoms with E-state index in [1.54, 1.807) is 6.92 Å². The number of pyridine rings is 1. The number of nitrogens with two attached hydrogens (primary N) is 1. The van der Waals surface area contributed by atoms with Crippen LogP contribution in [0.5, 0.6) is 11.9 Å². The van der Waals surface area contributed by atoms with Crippen LogP contribution in [-0.2, 0) is 10.9 Å². The molecule has 0 aliphatic carbocycles. The molecule has 15 heteroatoms. The van der Waals surface area contributed by atoms with E-state index in [-0.39, 0.29) is 49.5 Å². The summed E-state index contributed by atoms with van der Waals surface area (Å²) in [6.45, 7) is 3.36. The Morgan fingerprint density at radius 1 is 1.23 bits per heavy atom. The van der Waals surface area contributed by atoms with Gasteiger partial charge < -0.3 is 35.7 Å². The molecule has 1 fully saturated rings. The third-order valence-corrected chi connectivity index (χ3v) is 7.33. The number of aliphatic hydroxyl groups is 1. The second-order valence-electron chi connectivity index (χ2n) is 10.5. The number of ether oxygens (including phenoxy) is 3. The van der Waals surface area contributed by atoms with Crippen molar-refractivity contribution < 1.29 is 41.3 Å². The summed E-state index contributed by atoms with van der Waals surface area (Å²) >= 11 is 0. The first-order valence-corrected chi connectivity index (χ1v) is 13.4. The largest absolute Gasteiger partial charge is 0.474 e. The van der Waals surface area contributed by atoms with Gasteiger partial charge in [0.05, 0.1) is 42.5 Å². The predicted octanol–water partition coefficient (Wildman–Crippen LogP) is 3.79. The molecule has 230 valence electrons. The van der Waals surface area contributed by atoms with E-state index in [1.807, 2.05) is 0 Å². The van der Waals surface area contributed by atoms with Gasteiger partial charge in [0.1, 0.15) is 34.8 Å². The summed E-state index contributed by atoms with van der Waals surface area (Å²) in [5.41, 5.74) is 0.0459. The van der Waals surface area contributed by atoms with E-state index in [0.717, 1.165) is 6.92 Å². The molecule has 43 heavy (non-hydrogen) atoms. The smallest absolute Gasteiger partial charge is 0.417 e. The molecule has 5 N–H and O–H groups in total. The van der Waals surface area contributed by atoms with E-state index in [9.17, 15) is 22.7 Å². The van der Waals surface area contributed by atoms with Crippen LogP contribution < -0.4 is 25.8 Å². The highest BCUT2D eigenvalue weighted by atomic mass is 19.4. The molecule has 0 radical (unpaired) electrons. The van der Waals surface area contributed by atoms with E-state index < -0.39 is 62.9 Å². The van der Waals surface area contributed by atoms with Gasteiger partial charge in [0.2, 0.25) is 5.88 Å². The van der Waals surface area contributed by atoms with E-state index in [0.29, 0.717) is 32.1 Å². The van der Waals surface area contributed by atoms with Gasteiger partial charge in [-0.2, -0.15) is 23.1 Å². The number of anilines is 2. The molecule has 2 aromatic heterocycles. The topological polar surface area (TPSA) is 137 Å². The van der Waals surface area contributed by atoms with Crippen LogP contribution in [0.2, 0.25) is 0 Å². The van der Waals surface area contributed by atoms with Gasteiger partial charge in [-0.05, 0) is 31.9 Å². The number of aromatic nitrogens is 3. The minimum Gasteiger partial charge on any atom is -0.474 e. The molecular formula is C28H29F5N6O4. The molecule has 0 amide bonds. The highest BCUT2D eigenvalue weighted by Crippen LogP contribution is 2.45. The van der Waals surface area contributed by atoms with Crippen molar-refractivity contribution >= 4 is 22.4 Å². The van der Waals surface area contributed by atoms with Crippen molar-refractivity contribution in [2.24, 2.45) is 5.41 Å². The van der Waals surface area contributed by atoms with Gasteiger partial charge in [0.15, 0.2) is 5.82 Å². The lowest BCUT2D eigenvalue weighted by atomic mass is 9.90. The molecule has 0 saturated carbocycles. The number of nitrogens with one attached hydrogen (secondary N) is 2. The first-order chi connectivity index (χ1) is 20.4. The fourth-order valence-electron chi connectivity index (χ4n) is 4.92. The van der Waals surface area contributed by atoms with Crippen molar-refractivity contribution in [3.8, 4) is 35.1 Å². The van der Waals surface area contributed by atoms with Crippen molar-refractivity contribution in [2.75, 3.05) is 50.6 Å². The van der Waals surface area contributed by atoms with Gasteiger partial charge in [0.25, 0.3) is 0 Å². The van der Waals surface area contributed by atoms with Crippen molar-refractivity contribution in [1.29, 1.82) is 0 Å². The van der Waals surface area contributed by atoms with Crippen LogP contribution in [0, 0.1) is 35.9 Å². The Hall–Kier alpha value is -4.16. The molecule has 2 aliphatic rings. The highest BCUT2D eigenvalue weighted by Gasteiger charge is 2.40. The second kappa shape index (κ2) is 11.8. The summed E-state index contributed by atoms with van der Waals surface area (Å²) < 4.78 is 91.0. The zero-order chi connectivity index (χ0) is 30.9. The minimum absolute atomic E-state index is 0.00147. The van der Waals surface area contributed by atoms with Gasteiger partial charge in [-0.1, -0.05) is 5.92 Å². The predicted molar refractivity (Wildman–Crippen MR) is 146 cm³/mol. The number of nitrogen functional groups attached to an aromatic ring is 1. The van der Waals surface area contributed by atoms with Gasteiger partial charge >= 0.3 is 12.2 Å². The fourth-order valence-corrected chi connectivity index (χ4v) is 4.92. The zero-order valence-corrected chi connectivity index (χ0v) is 23.3. The lowest BCUT2D eigenvalue weighted by molar-refractivity contribution is -0.137. The Bertz CT molecular complexity index is 1600. The molecular weight excluding hydrogens is 579 g/mol. The summed E-state index contributed by atoms with van der Waals surface area (Å²) in [6.07, 6.45) is -4.73. The number of alkyl halides is 3. The van der Waals surface area contributed by atoms with Crippen LogP contribution >= 0.6 is 0 Å². The first-order valence-electron chi connectivity index (χ1n) is 13.4. The lowest BCUT2D eigenvalue weighted by Gasteiger charge is -2.24. The second-order valence-corrected chi connectivity index (χ2v) is 10.5. The van der Waals surface area contributed by atoms with E-state index >= 15 is 4.39 Å². The van der Waals surface area contributed by atoms with E-state index in [4.69, 9.17) is 19.9 Å². The van der Waals surface area contributed by atoms with E-state index in [1.165, 1.54) is 0 Å². The number of halogens is 5. The standard InChI is InChI=1S/C28H29F5N6O4/c1-14-4-8-35-6-3-7-36-24-18-23(38-26(39-24)42-13-27(11-40)5-9-41-12-27)21(30)22(37-25(18)43-14)16-10-17(34)20(29)15(2)19(16)28(31,32)33/h10,14,35,40H,4-5,7-9,11-13,34H2,1-2H3,(H,36,38,39). The fraction of sp³-hybridized carbons (Fsp3) is 0.464. The van der Waals surface area contributed by atoms with Crippen LogP contribution in [0.3, 0.4) is 0 Å². The third-order valence-electron chi connectivity index (χ3n) is 7.33. The summed E-state index contributed by atoms with van der Waals surface area (Å²) in [6, 6.07) is 3.14. The highest BCUT2D eigenvalue weighted by molar-refractivity contribution is 5.96. The molecule has 0 bridgehead atoms. The number of benzene rings is 1. The monoisotopic (exact) mass is 608 g/mol. The molecule has 1 saturated heterocycles. The van der Waals surface area contributed by atoms with Crippen LogP contribution in [0.25, 0.3) is 22.2 Å². The van der Waals surface area contributed by atoms with Crippen molar-refractivity contribution in [3.05, 3.63) is 28.8 Å². The summed E-state index contributed by atoms with van der Waals surface area (Å²) in [5, 5.41) is 15.7. The van der Waals surface area contributed by atoms with Crippen LogP contribution in [-0.4, -0.2) is 65.7 Å². The quantitative estimate of drug-likeness (QED) is 0.192. The number of aliphatic hydroxyl groups excluding tert-OH is 1. The Kier molecular flexibility index (Phi) is 8.35. The first kappa shape index (κ1) is 30.3. The van der Waals surface area contributed by atoms with Crippen molar-refractivity contribution in [1.82, 2.24) is 20.3 Å². The number of hydrogen-bond donors (Lipinski definition) is 4. The van der Waals surface area contributed by atoms with Gasteiger partial charge in [-0.3, -0.25) is 0 Å². The lowest BCUT2D eigenvalue weighted by Crippen LogP contribution is -2.33. The molecule has 2 unspecified atom stereocenters. The Morgan fingerprint density at radius 2 is 2.02 bits per heavy atom. The zero-order valence-electron chi connectivity index (χ0n) is 23.3. The normalized spacial score (nSPS) is 20.6. The van der Waals surface area contributed by atoms with Crippen molar-refractivity contribution in [3.63, 3.8) is 0 Å². The maximum absolute atomic E-state index is 16.4. The number of nitrogens with zero attached hydrogens (tertiary/aromatic N) is 3. The van der Waals surface area contributed by atoms with Gasteiger partial charge in [0, 0.05) is 31.2 Å². The van der Waals surface area contributed by atoms with Crippen LogP contribution in [0.4, 0.5) is 33.5 Å². The maximum Gasteiger partial charge on any atom is 0.417 e. The molecule has 10 nitrogen and oxygen atoms in total. The molecule has 5 rings (SSSR count). The molecule has 2 aliphatic heterocycles. The van der Waals surface area contributed by atoms with E-state index in [2.05, 4.69) is 37.6 Å². The minimum atomic E-state index is -5.08. The maximum atomic E-state index is 16.4. The van der Waals surface area contributed by atoms with Gasteiger partial charge in [-0.25, -0.2) is 13.8 Å². The van der Waals surface area contributed by atoms with Crippen LogP contribution in [0.15, 0.2) is 6.07 Å². The summed E-state index contributed by atoms with van der Waals surface area (Å²) in [7, 11) is 0. The average molecular weight is 609 g/mol. The molecule has 4 heterocycles. The van der Waals surface area contributed by atoms with Crippen LogP contribution in [0.1, 0.15) is 30.9 Å². The number of rotatable bonds is 5. The van der Waals surface area contributed by atoms with Gasteiger partial charge in [-0.15, -0.1) is 0 Å². The summed E-state index contributed by atoms with van der Waals surface area (Å²) in [5.74, 6) is 0.0514.